The monoisotopic (exact) mass is 318 g/mol. The van der Waals surface area contributed by atoms with Crippen LogP contribution in [0.15, 0.2) is 12.1 Å². The molecule has 126 valence electrons. The van der Waals surface area contributed by atoms with E-state index in [1.807, 2.05) is 26.8 Å². The number of carbonyl (C=O) groups excluding carboxylic acids is 2. The lowest BCUT2D eigenvalue weighted by Crippen LogP contribution is -2.51. The first-order chi connectivity index (χ1) is 10.8. The van der Waals surface area contributed by atoms with E-state index in [0.29, 0.717) is 11.3 Å². The third-order valence-corrected chi connectivity index (χ3v) is 4.91. The summed E-state index contributed by atoms with van der Waals surface area (Å²) in [5.74, 6) is -0.684. The minimum absolute atomic E-state index is 0.0752. The Morgan fingerprint density at radius 1 is 1.30 bits per heavy atom. The van der Waals surface area contributed by atoms with Crippen molar-refractivity contribution >= 4 is 17.6 Å². The normalized spacial score (nSPS) is 24.1. The van der Waals surface area contributed by atoms with E-state index in [1.165, 1.54) is 7.11 Å². The molecular weight excluding hydrogens is 292 g/mol. The zero-order chi connectivity index (χ0) is 17.2. The van der Waals surface area contributed by atoms with Gasteiger partial charge in [0.05, 0.1) is 18.6 Å². The fourth-order valence-corrected chi connectivity index (χ4v) is 3.27. The molecule has 1 aromatic rings. The van der Waals surface area contributed by atoms with Crippen molar-refractivity contribution in [1.82, 2.24) is 0 Å². The summed E-state index contributed by atoms with van der Waals surface area (Å²) in [5, 5.41) is 2.93. The molecule has 0 bridgehead atoms. The molecule has 5 nitrogen and oxygen atoms in total. The van der Waals surface area contributed by atoms with Crippen molar-refractivity contribution in [2.24, 2.45) is 11.7 Å². The summed E-state index contributed by atoms with van der Waals surface area (Å²) in [6, 6.07) is 3.54. The number of benzene rings is 1. The molecular formula is C18H26N2O3. The molecule has 1 amide bonds. The number of rotatable bonds is 3. The van der Waals surface area contributed by atoms with E-state index < -0.39 is 11.5 Å². The van der Waals surface area contributed by atoms with Gasteiger partial charge >= 0.3 is 5.97 Å². The number of ether oxygens (including phenoxy) is 1. The summed E-state index contributed by atoms with van der Waals surface area (Å²) in [6.45, 7) is 5.72. The van der Waals surface area contributed by atoms with Crippen molar-refractivity contribution in [3.05, 3.63) is 28.8 Å². The van der Waals surface area contributed by atoms with Crippen LogP contribution in [0.5, 0.6) is 0 Å². The van der Waals surface area contributed by atoms with Gasteiger partial charge in [-0.25, -0.2) is 4.79 Å². The van der Waals surface area contributed by atoms with Crippen LogP contribution in [-0.2, 0) is 9.53 Å². The number of anilines is 1. The summed E-state index contributed by atoms with van der Waals surface area (Å²) in [4.78, 5) is 24.5. The van der Waals surface area contributed by atoms with Gasteiger partial charge in [-0.1, -0.05) is 12.8 Å². The summed E-state index contributed by atoms with van der Waals surface area (Å²) in [6.07, 6.45) is 3.73. The molecule has 1 fully saturated rings. The number of aryl methyl sites for hydroxylation is 1. The third kappa shape index (κ3) is 3.72. The summed E-state index contributed by atoms with van der Waals surface area (Å²) in [7, 11) is 1.35. The molecule has 0 aliphatic heterocycles. The van der Waals surface area contributed by atoms with Crippen LogP contribution >= 0.6 is 0 Å². The molecule has 2 unspecified atom stereocenters. The smallest absolute Gasteiger partial charge is 0.338 e. The average molecular weight is 318 g/mol. The predicted molar refractivity (Wildman–Crippen MR) is 90.4 cm³/mol. The van der Waals surface area contributed by atoms with Crippen LogP contribution in [-0.4, -0.2) is 24.5 Å². The Bertz CT molecular complexity index is 623. The zero-order valence-electron chi connectivity index (χ0n) is 14.4. The fourth-order valence-electron chi connectivity index (χ4n) is 3.27. The molecule has 1 aliphatic carbocycles. The van der Waals surface area contributed by atoms with E-state index in [2.05, 4.69) is 5.32 Å². The number of hydrogen-bond donors (Lipinski definition) is 2. The predicted octanol–water partition coefficient (Wildman–Crippen LogP) is 2.94. The van der Waals surface area contributed by atoms with E-state index in [4.69, 9.17) is 10.5 Å². The highest BCUT2D eigenvalue weighted by Crippen LogP contribution is 2.32. The number of methoxy groups -OCH3 is 1. The Kier molecular flexibility index (Phi) is 5.09. The molecule has 3 N–H and O–H groups in total. The maximum atomic E-state index is 12.6. The number of nitrogens with one attached hydrogen (secondary N) is 1. The molecule has 0 spiro atoms. The van der Waals surface area contributed by atoms with Gasteiger partial charge < -0.3 is 15.8 Å². The highest BCUT2D eigenvalue weighted by molar-refractivity contribution is 5.97. The number of esters is 1. The van der Waals surface area contributed by atoms with Crippen LogP contribution in [0.1, 0.15) is 54.1 Å². The summed E-state index contributed by atoms with van der Waals surface area (Å²) >= 11 is 0. The van der Waals surface area contributed by atoms with Gasteiger partial charge in [0.1, 0.15) is 0 Å². The first-order valence-electron chi connectivity index (χ1n) is 8.05. The number of amides is 1. The Labute approximate surface area is 137 Å². The van der Waals surface area contributed by atoms with Gasteiger partial charge in [0.2, 0.25) is 5.91 Å². The Morgan fingerprint density at radius 2 is 2.00 bits per heavy atom. The molecule has 1 aliphatic rings. The molecule has 2 atom stereocenters. The van der Waals surface area contributed by atoms with Gasteiger partial charge in [0.15, 0.2) is 0 Å². The standard InChI is InChI=1S/C18H26N2O3/c1-11-9-13(10-14(12(11)2)17(22)23-4)20-16(21)15-7-5-6-8-18(15,3)19/h9-10,15H,5-8,19H2,1-4H3,(H,20,21). The Hall–Kier alpha value is -1.88. The molecule has 2 rings (SSSR count). The third-order valence-electron chi connectivity index (χ3n) is 4.91. The molecule has 5 heteroatoms. The van der Waals surface area contributed by atoms with Gasteiger partial charge in [-0.05, 0) is 56.9 Å². The minimum atomic E-state index is -0.479. The van der Waals surface area contributed by atoms with Crippen molar-refractivity contribution in [3.8, 4) is 0 Å². The molecule has 0 heterocycles. The van der Waals surface area contributed by atoms with Gasteiger partial charge in [0.25, 0.3) is 0 Å². The lowest BCUT2D eigenvalue weighted by atomic mass is 9.74. The van der Waals surface area contributed by atoms with Gasteiger partial charge in [-0.15, -0.1) is 0 Å². The highest BCUT2D eigenvalue weighted by Gasteiger charge is 2.37. The zero-order valence-corrected chi connectivity index (χ0v) is 14.4. The second-order valence-corrected chi connectivity index (χ2v) is 6.75. The maximum absolute atomic E-state index is 12.6. The van der Waals surface area contributed by atoms with Crippen molar-refractivity contribution in [2.45, 2.75) is 52.0 Å². The second-order valence-electron chi connectivity index (χ2n) is 6.75. The molecule has 0 aromatic heterocycles. The van der Waals surface area contributed by atoms with Crippen LogP contribution < -0.4 is 11.1 Å². The fraction of sp³-hybridized carbons (Fsp3) is 0.556. The molecule has 1 saturated carbocycles. The first-order valence-corrected chi connectivity index (χ1v) is 8.05. The number of nitrogens with two attached hydrogens (primary N) is 1. The average Bonchev–Trinajstić information content (AvgIpc) is 2.49. The highest BCUT2D eigenvalue weighted by atomic mass is 16.5. The topological polar surface area (TPSA) is 81.4 Å². The van der Waals surface area contributed by atoms with Gasteiger partial charge in [0, 0.05) is 11.2 Å². The summed E-state index contributed by atoms with van der Waals surface area (Å²) < 4.78 is 4.81. The van der Waals surface area contributed by atoms with E-state index in [9.17, 15) is 9.59 Å². The quantitative estimate of drug-likeness (QED) is 0.840. The van der Waals surface area contributed by atoms with Crippen LogP contribution in [0, 0.1) is 19.8 Å². The van der Waals surface area contributed by atoms with Crippen molar-refractivity contribution in [3.63, 3.8) is 0 Å². The van der Waals surface area contributed by atoms with E-state index in [1.54, 1.807) is 6.07 Å². The Morgan fingerprint density at radius 3 is 2.61 bits per heavy atom. The molecule has 23 heavy (non-hydrogen) atoms. The van der Waals surface area contributed by atoms with Crippen molar-refractivity contribution in [1.29, 1.82) is 0 Å². The molecule has 0 radical (unpaired) electrons. The molecule has 1 aromatic carbocycles. The van der Waals surface area contributed by atoms with Crippen LogP contribution in [0.4, 0.5) is 5.69 Å². The van der Waals surface area contributed by atoms with E-state index >= 15 is 0 Å². The summed E-state index contributed by atoms with van der Waals surface area (Å²) in [5.41, 5.74) is 8.69. The van der Waals surface area contributed by atoms with Crippen LogP contribution in [0.3, 0.4) is 0 Å². The minimum Gasteiger partial charge on any atom is -0.465 e. The van der Waals surface area contributed by atoms with Crippen molar-refractivity contribution in [2.75, 3.05) is 12.4 Å². The van der Waals surface area contributed by atoms with Crippen LogP contribution in [0.25, 0.3) is 0 Å². The van der Waals surface area contributed by atoms with E-state index in [-0.39, 0.29) is 11.8 Å². The maximum Gasteiger partial charge on any atom is 0.338 e. The Balaban J connectivity index is 2.24. The first kappa shape index (κ1) is 17.5. The number of hydrogen-bond acceptors (Lipinski definition) is 4. The second kappa shape index (κ2) is 6.71. The van der Waals surface area contributed by atoms with Gasteiger partial charge in [-0.3, -0.25) is 4.79 Å². The lowest BCUT2D eigenvalue weighted by Gasteiger charge is -2.37. The van der Waals surface area contributed by atoms with Crippen molar-refractivity contribution < 1.29 is 14.3 Å². The largest absolute Gasteiger partial charge is 0.465 e. The van der Waals surface area contributed by atoms with E-state index in [0.717, 1.165) is 36.8 Å². The van der Waals surface area contributed by atoms with Gasteiger partial charge in [-0.2, -0.15) is 0 Å². The van der Waals surface area contributed by atoms with Crippen LogP contribution in [0.2, 0.25) is 0 Å². The number of carbonyl (C=O) groups is 2. The SMILES string of the molecule is COC(=O)c1cc(NC(=O)C2CCCCC2(C)N)cc(C)c1C. The molecule has 0 saturated heterocycles. The lowest BCUT2D eigenvalue weighted by molar-refractivity contribution is -0.122.